The van der Waals surface area contributed by atoms with Crippen LogP contribution in [0.5, 0.6) is 11.5 Å². The van der Waals surface area contributed by atoms with Gasteiger partial charge >= 0.3 is 0 Å². The third-order valence-corrected chi connectivity index (χ3v) is 6.69. The van der Waals surface area contributed by atoms with Crippen LogP contribution in [0.15, 0.2) is 41.3 Å². The number of ether oxygens (including phenoxy) is 2. The van der Waals surface area contributed by atoms with Crippen molar-refractivity contribution < 1.29 is 23.9 Å². The first-order chi connectivity index (χ1) is 16.4. The molecule has 2 saturated heterocycles. The average Bonchev–Trinajstić information content (AvgIpc) is 3.43. The molecular formula is C24H24ClN3O5S. The summed E-state index contributed by atoms with van der Waals surface area (Å²) in [6.45, 7) is 1.48. The Morgan fingerprint density at radius 2 is 1.85 bits per heavy atom. The van der Waals surface area contributed by atoms with Crippen LogP contribution in [0.1, 0.15) is 18.4 Å². The summed E-state index contributed by atoms with van der Waals surface area (Å²) in [5, 5.41) is 2.59. The highest BCUT2D eigenvalue weighted by atomic mass is 35.5. The molecule has 178 valence electrons. The predicted octanol–water partition coefficient (Wildman–Crippen LogP) is 4.63. The van der Waals surface area contributed by atoms with Crippen molar-refractivity contribution in [2.24, 2.45) is 0 Å². The van der Waals surface area contributed by atoms with Gasteiger partial charge in [0.1, 0.15) is 18.0 Å². The van der Waals surface area contributed by atoms with E-state index in [1.54, 1.807) is 50.6 Å². The first-order valence-electron chi connectivity index (χ1n) is 10.7. The fourth-order valence-corrected chi connectivity index (χ4v) is 4.93. The minimum absolute atomic E-state index is 0.204. The zero-order valence-corrected chi connectivity index (χ0v) is 20.4. The molecule has 1 N–H and O–H groups in total. The third kappa shape index (κ3) is 5.15. The molecule has 0 aromatic heterocycles. The Labute approximate surface area is 206 Å². The van der Waals surface area contributed by atoms with Gasteiger partial charge in [-0.3, -0.25) is 19.3 Å². The van der Waals surface area contributed by atoms with Gasteiger partial charge in [-0.2, -0.15) is 0 Å². The van der Waals surface area contributed by atoms with E-state index in [-0.39, 0.29) is 4.91 Å². The van der Waals surface area contributed by atoms with E-state index in [1.165, 1.54) is 0 Å². The van der Waals surface area contributed by atoms with Gasteiger partial charge in [0.25, 0.3) is 11.1 Å². The van der Waals surface area contributed by atoms with Gasteiger partial charge in [-0.05, 0) is 54.9 Å². The van der Waals surface area contributed by atoms with E-state index in [1.807, 2.05) is 6.07 Å². The van der Waals surface area contributed by atoms with Crippen molar-refractivity contribution in [3.63, 3.8) is 0 Å². The molecule has 2 heterocycles. The highest BCUT2D eigenvalue weighted by Crippen LogP contribution is 2.40. The summed E-state index contributed by atoms with van der Waals surface area (Å²) < 4.78 is 11.2. The number of halogens is 1. The number of thioether (sulfide) groups is 1. The lowest BCUT2D eigenvalue weighted by molar-refractivity contribution is -0.127. The van der Waals surface area contributed by atoms with Crippen LogP contribution >= 0.6 is 23.4 Å². The second-order valence-electron chi connectivity index (χ2n) is 7.79. The normalized spacial score (nSPS) is 17.0. The van der Waals surface area contributed by atoms with Crippen LogP contribution in [0, 0.1) is 0 Å². The molecule has 10 heteroatoms. The zero-order valence-electron chi connectivity index (χ0n) is 18.8. The van der Waals surface area contributed by atoms with Crippen LogP contribution in [-0.2, 0) is 9.59 Å². The number of benzene rings is 2. The fraction of sp³-hybridized carbons (Fsp3) is 0.292. The van der Waals surface area contributed by atoms with Crippen molar-refractivity contribution in [1.29, 1.82) is 0 Å². The fourth-order valence-electron chi connectivity index (χ4n) is 3.91. The maximum atomic E-state index is 12.9. The van der Waals surface area contributed by atoms with E-state index in [0.29, 0.717) is 27.8 Å². The van der Waals surface area contributed by atoms with Crippen LogP contribution in [0.3, 0.4) is 0 Å². The molecule has 0 saturated carbocycles. The molecular weight excluding hydrogens is 478 g/mol. The number of methoxy groups -OCH3 is 2. The number of rotatable bonds is 7. The molecule has 4 rings (SSSR count). The van der Waals surface area contributed by atoms with Crippen LogP contribution in [-0.4, -0.2) is 55.8 Å². The van der Waals surface area contributed by atoms with Crippen LogP contribution in [0.25, 0.3) is 6.08 Å². The number of anilines is 2. The van der Waals surface area contributed by atoms with Crippen LogP contribution in [0.4, 0.5) is 16.2 Å². The molecule has 2 aliphatic heterocycles. The first-order valence-corrected chi connectivity index (χ1v) is 11.9. The van der Waals surface area contributed by atoms with E-state index < -0.39 is 23.6 Å². The monoisotopic (exact) mass is 501 g/mol. The minimum atomic E-state index is -0.541. The van der Waals surface area contributed by atoms with Gasteiger partial charge < -0.3 is 19.7 Å². The quantitative estimate of drug-likeness (QED) is 0.553. The van der Waals surface area contributed by atoms with E-state index in [4.69, 9.17) is 21.1 Å². The summed E-state index contributed by atoms with van der Waals surface area (Å²) in [7, 11) is 3.15. The Balaban J connectivity index is 1.53. The number of carbonyl (C=O) groups excluding carboxylic acids is 3. The van der Waals surface area contributed by atoms with Gasteiger partial charge in [0.05, 0.1) is 24.8 Å². The smallest absolute Gasteiger partial charge is 0.294 e. The second-order valence-corrected chi connectivity index (χ2v) is 9.22. The molecule has 8 nitrogen and oxygen atoms in total. The molecule has 0 spiro atoms. The molecule has 2 aliphatic rings. The highest BCUT2D eigenvalue weighted by Gasteiger charge is 2.36. The van der Waals surface area contributed by atoms with Crippen molar-refractivity contribution >= 4 is 57.9 Å². The topological polar surface area (TPSA) is 88.2 Å². The standard InChI is InChI=1S/C24H24ClN3O5S/c1-32-19-13-18(27-8-3-4-9-27)20(33-2)10-15(19)11-21-23(30)28(24(31)34-21)14-22(29)26-17-7-5-6-16(25)12-17/h5-7,10-13H,3-4,8-9,14H2,1-2H3,(H,26,29)/b21-11-. The summed E-state index contributed by atoms with van der Waals surface area (Å²) in [4.78, 5) is 41.2. The lowest BCUT2D eigenvalue weighted by Crippen LogP contribution is -2.36. The van der Waals surface area contributed by atoms with Crippen LogP contribution in [0.2, 0.25) is 5.02 Å². The third-order valence-electron chi connectivity index (χ3n) is 5.55. The van der Waals surface area contributed by atoms with Gasteiger partial charge in [-0.1, -0.05) is 17.7 Å². The van der Waals surface area contributed by atoms with Gasteiger partial charge in [0, 0.05) is 35.4 Å². The Kier molecular flexibility index (Phi) is 7.33. The van der Waals surface area contributed by atoms with Gasteiger partial charge in [0.15, 0.2) is 0 Å². The van der Waals surface area contributed by atoms with Gasteiger partial charge in [0.2, 0.25) is 5.91 Å². The lowest BCUT2D eigenvalue weighted by Gasteiger charge is -2.22. The maximum Gasteiger partial charge on any atom is 0.294 e. The van der Waals surface area contributed by atoms with E-state index in [9.17, 15) is 14.4 Å². The number of nitrogens with zero attached hydrogens (tertiary/aromatic N) is 2. The van der Waals surface area contributed by atoms with Crippen molar-refractivity contribution in [3.05, 3.63) is 51.9 Å². The summed E-state index contributed by atoms with van der Waals surface area (Å²) in [6, 6.07) is 10.3. The number of carbonyl (C=O) groups is 3. The minimum Gasteiger partial charge on any atom is -0.496 e. The Hall–Kier alpha value is -3.17. The maximum absolute atomic E-state index is 12.9. The van der Waals surface area contributed by atoms with Crippen molar-refractivity contribution in [1.82, 2.24) is 4.90 Å². The second kappa shape index (κ2) is 10.4. The molecule has 34 heavy (non-hydrogen) atoms. The van der Waals surface area contributed by atoms with E-state index in [2.05, 4.69) is 10.2 Å². The molecule has 0 atom stereocenters. The lowest BCUT2D eigenvalue weighted by atomic mass is 10.1. The molecule has 3 amide bonds. The molecule has 0 bridgehead atoms. The summed E-state index contributed by atoms with van der Waals surface area (Å²) in [5.41, 5.74) is 2.02. The summed E-state index contributed by atoms with van der Waals surface area (Å²) >= 11 is 6.71. The number of hydrogen-bond donors (Lipinski definition) is 1. The Bertz CT molecular complexity index is 1160. The van der Waals surface area contributed by atoms with Crippen molar-refractivity contribution in [3.8, 4) is 11.5 Å². The molecule has 2 aromatic carbocycles. The largest absolute Gasteiger partial charge is 0.496 e. The molecule has 2 aromatic rings. The van der Waals surface area contributed by atoms with Gasteiger partial charge in [-0.25, -0.2) is 0 Å². The molecule has 0 aliphatic carbocycles. The van der Waals surface area contributed by atoms with Crippen molar-refractivity contribution in [2.45, 2.75) is 12.8 Å². The van der Waals surface area contributed by atoms with Crippen molar-refractivity contribution in [2.75, 3.05) is 44.1 Å². The summed E-state index contributed by atoms with van der Waals surface area (Å²) in [6.07, 6.45) is 3.82. The molecule has 0 unspecified atom stereocenters. The number of amides is 3. The predicted molar refractivity (Wildman–Crippen MR) is 134 cm³/mol. The molecule has 2 fully saturated rings. The Morgan fingerprint density at radius 1 is 1.12 bits per heavy atom. The Morgan fingerprint density at radius 3 is 2.53 bits per heavy atom. The van der Waals surface area contributed by atoms with Gasteiger partial charge in [-0.15, -0.1) is 0 Å². The SMILES string of the molecule is COc1cc(N2CCCC2)c(OC)cc1/C=C1\SC(=O)N(CC(=O)Nc2cccc(Cl)c2)C1=O. The highest BCUT2D eigenvalue weighted by molar-refractivity contribution is 8.18. The summed E-state index contributed by atoms with van der Waals surface area (Å²) in [5.74, 6) is 0.184. The van der Waals surface area contributed by atoms with Crippen LogP contribution < -0.4 is 19.7 Å². The molecule has 0 radical (unpaired) electrons. The van der Waals surface area contributed by atoms with E-state index in [0.717, 1.165) is 48.3 Å². The van der Waals surface area contributed by atoms with E-state index >= 15 is 0 Å². The average molecular weight is 502 g/mol. The number of hydrogen-bond acceptors (Lipinski definition) is 7. The zero-order chi connectivity index (χ0) is 24.2. The first kappa shape index (κ1) is 24.0. The number of nitrogens with one attached hydrogen (secondary N) is 1. The number of imide groups is 1.